The minimum absolute atomic E-state index is 0.348. The Bertz CT molecular complexity index is 465. The van der Waals surface area contributed by atoms with Crippen molar-refractivity contribution in [2.45, 2.75) is 48.3 Å². The Morgan fingerprint density at radius 2 is 2.24 bits per heavy atom. The number of nitrogens with zero attached hydrogens (tertiary/aromatic N) is 1. The Labute approximate surface area is 138 Å². The van der Waals surface area contributed by atoms with Crippen LogP contribution in [0.1, 0.15) is 26.2 Å². The Morgan fingerprint density at radius 1 is 1.43 bits per heavy atom. The zero-order chi connectivity index (χ0) is 14.7. The third-order valence-electron chi connectivity index (χ3n) is 4.05. The van der Waals surface area contributed by atoms with Gasteiger partial charge in [-0.25, -0.2) is 4.98 Å². The lowest BCUT2D eigenvalue weighted by molar-refractivity contribution is -0.178. The van der Waals surface area contributed by atoms with Gasteiger partial charge in [-0.1, -0.05) is 6.92 Å². The molecule has 0 radical (unpaired) electrons. The highest BCUT2D eigenvalue weighted by atomic mass is 79.9. The van der Waals surface area contributed by atoms with Gasteiger partial charge in [0.05, 0.1) is 18.2 Å². The molecule has 4 nitrogen and oxygen atoms in total. The van der Waals surface area contributed by atoms with E-state index in [1.807, 2.05) is 24.0 Å². The lowest BCUT2D eigenvalue weighted by Crippen LogP contribution is -2.49. The third-order valence-corrected chi connectivity index (χ3v) is 5.80. The molecule has 2 unspecified atom stereocenters. The van der Waals surface area contributed by atoms with Gasteiger partial charge < -0.3 is 14.8 Å². The maximum Gasteiger partial charge on any atom is 0.169 e. The standard InChI is InChI=1S/C15H21BrN2O2S/c1-2-17-12-5-6-15(19-7-8-20-15)9-13(12)21-14-4-3-11(16)10-18-14/h3-4,10,12-13,17H,2,5-9H2,1H3. The molecule has 21 heavy (non-hydrogen) atoms. The summed E-state index contributed by atoms with van der Waals surface area (Å²) >= 11 is 5.26. The van der Waals surface area contributed by atoms with E-state index in [9.17, 15) is 0 Å². The number of nitrogens with one attached hydrogen (secondary N) is 1. The van der Waals surface area contributed by atoms with Crippen LogP contribution in [0.3, 0.4) is 0 Å². The molecule has 2 heterocycles. The van der Waals surface area contributed by atoms with E-state index in [-0.39, 0.29) is 5.79 Å². The summed E-state index contributed by atoms with van der Waals surface area (Å²) in [6.07, 6.45) is 4.84. The number of hydrogen-bond acceptors (Lipinski definition) is 5. The number of rotatable bonds is 4. The molecule has 1 aliphatic carbocycles. The van der Waals surface area contributed by atoms with Crippen LogP contribution in [0.15, 0.2) is 27.8 Å². The van der Waals surface area contributed by atoms with Crippen LogP contribution >= 0.6 is 27.7 Å². The zero-order valence-electron chi connectivity index (χ0n) is 12.2. The average molecular weight is 373 g/mol. The molecule has 1 aromatic heterocycles. The molecule has 0 amide bonds. The van der Waals surface area contributed by atoms with Gasteiger partial charge in [-0.05, 0) is 41.0 Å². The van der Waals surface area contributed by atoms with Gasteiger partial charge in [0.15, 0.2) is 5.79 Å². The molecule has 3 rings (SSSR count). The Morgan fingerprint density at radius 3 is 2.90 bits per heavy atom. The maximum atomic E-state index is 5.90. The first-order chi connectivity index (χ1) is 10.2. The van der Waals surface area contributed by atoms with Crippen LogP contribution in [0.25, 0.3) is 0 Å². The van der Waals surface area contributed by atoms with E-state index >= 15 is 0 Å². The van der Waals surface area contributed by atoms with Gasteiger partial charge in [-0.15, -0.1) is 11.8 Å². The highest BCUT2D eigenvalue weighted by Gasteiger charge is 2.45. The van der Waals surface area contributed by atoms with Crippen LogP contribution in [0.5, 0.6) is 0 Å². The summed E-state index contributed by atoms with van der Waals surface area (Å²) in [6, 6.07) is 4.60. The van der Waals surface area contributed by atoms with Gasteiger partial charge >= 0.3 is 0 Å². The first-order valence-electron chi connectivity index (χ1n) is 7.50. The van der Waals surface area contributed by atoms with Crippen molar-refractivity contribution in [3.8, 4) is 0 Å². The SMILES string of the molecule is CCNC1CCC2(CC1Sc1ccc(Br)cn1)OCCO2. The maximum absolute atomic E-state index is 5.90. The van der Waals surface area contributed by atoms with Crippen molar-refractivity contribution in [1.29, 1.82) is 0 Å². The molecule has 1 saturated carbocycles. The fourth-order valence-electron chi connectivity index (χ4n) is 3.08. The monoisotopic (exact) mass is 372 g/mol. The Kier molecular flexibility index (Phi) is 5.22. The van der Waals surface area contributed by atoms with Crippen LogP contribution in [-0.2, 0) is 9.47 Å². The van der Waals surface area contributed by atoms with Gasteiger partial charge in [0.25, 0.3) is 0 Å². The second-order valence-corrected chi connectivity index (χ2v) is 7.66. The molecule has 2 aliphatic rings. The predicted octanol–water partition coefficient (Wildman–Crippen LogP) is 3.21. The summed E-state index contributed by atoms with van der Waals surface area (Å²) in [6.45, 7) is 4.59. The molecule has 1 saturated heterocycles. The van der Waals surface area contributed by atoms with Crippen LogP contribution in [0.4, 0.5) is 0 Å². The molecule has 6 heteroatoms. The minimum atomic E-state index is -0.348. The number of hydrogen-bond donors (Lipinski definition) is 1. The quantitative estimate of drug-likeness (QED) is 0.878. The molecule has 1 aliphatic heterocycles. The molecule has 1 spiro atoms. The average Bonchev–Trinajstić information content (AvgIpc) is 2.93. The van der Waals surface area contributed by atoms with E-state index in [1.54, 1.807) is 0 Å². The number of pyridine rings is 1. The van der Waals surface area contributed by atoms with Crippen molar-refractivity contribution in [3.63, 3.8) is 0 Å². The highest BCUT2D eigenvalue weighted by Crippen LogP contribution is 2.42. The second-order valence-electron chi connectivity index (χ2n) is 5.49. The van der Waals surface area contributed by atoms with E-state index in [4.69, 9.17) is 9.47 Å². The summed E-state index contributed by atoms with van der Waals surface area (Å²) in [5.74, 6) is -0.348. The number of aromatic nitrogens is 1. The number of thioether (sulfide) groups is 1. The summed E-state index contributed by atoms with van der Waals surface area (Å²) in [7, 11) is 0. The summed E-state index contributed by atoms with van der Waals surface area (Å²) in [4.78, 5) is 4.49. The van der Waals surface area contributed by atoms with Gasteiger partial charge in [0.2, 0.25) is 0 Å². The van der Waals surface area contributed by atoms with Crippen LogP contribution < -0.4 is 5.32 Å². The normalized spacial score (nSPS) is 28.1. The fraction of sp³-hybridized carbons (Fsp3) is 0.667. The van der Waals surface area contributed by atoms with E-state index in [1.165, 1.54) is 0 Å². The van der Waals surface area contributed by atoms with Gasteiger partial charge in [0, 0.05) is 34.8 Å². The van der Waals surface area contributed by atoms with E-state index in [2.05, 4.69) is 39.2 Å². The molecular weight excluding hydrogens is 352 g/mol. The molecule has 0 bridgehead atoms. The minimum Gasteiger partial charge on any atom is -0.347 e. The summed E-state index contributed by atoms with van der Waals surface area (Å²) < 4.78 is 12.8. The first-order valence-corrected chi connectivity index (χ1v) is 9.17. The topological polar surface area (TPSA) is 43.4 Å². The largest absolute Gasteiger partial charge is 0.347 e. The van der Waals surface area contributed by atoms with E-state index in [0.717, 1.165) is 48.5 Å². The molecular formula is C15H21BrN2O2S. The van der Waals surface area contributed by atoms with Crippen molar-refractivity contribution in [2.24, 2.45) is 0 Å². The van der Waals surface area contributed by atoms with Crippen molar-refractivity contribution in [3.05, 3.63) is 22.8 Å². The Balaban J connectivity index is 1.72. The highest BCUT2D eigenvalue weighted by molar-refractivity contribution is 9.10. The summed E-state index contributed by atoms with van der Waals surface area (Å²) in [5.41, 5.74) is 0. The van der Waals surface area contributed by atoms with Crippen molar-refractivity contribution in [1.82, 2.24) is 10.3 Å². The smallest absolute Gasteiger partial charge is 0.169 e. The lowest BCUT2D eigenvalue weighted by atomic mass is 9.89. The lowest BCUT2D eigenvalue weighted by Gasteiger charge is -2.40. The summed E-state index contributed by atoms with van der Waals surface area (Å²) in [5, 5.41) is 5.08. The van der Waals surface area contributed by atoms with Crippen molar-refractivity contribution < 1.29 is 9.47 Å². The zero-order valence-corrected chi connectivity index (χ0v) is 14.6. The molecule has 2 atom stereocenters. The Hall–Kier alpha value is -0.140. The molecule has 116 valence electrons. The van der Waals surface area contributed by atoms with Gasteiger partial charge in [0.1, 0.15) is 0 Å². The third kappa shape index (κ3) is 3.79. The van der Waals surface area contributed by atoms with E-state index < -0.39 is 0 Å². The second kappa shape index (κ2) is 6.96. The van der Waals surface area contributed by atoms with Crippen LogP contribution in [0.2, 0.25) is 0 Å². The van der Waals surface area contributed by atoms with Gasteiger partial charge in [-0.3, -0.25) is 0 Å². The van der Waals surface area contributed by atoms with Gasteiger partial charge in [-0.2, -0.15) is 0 Å². The van der Waals surface area contributed by atoms with Crippen molar-refractivity contribution in [2.75, 3.05) is 19.8 Å². The molecule has 1 aromatic rings. The number of ether oxygens (including phenoxy) is 2. The van der Waals surface area contributed by atoms with E-state index in [0.29, 0.717) is 11.3 Å². The van der Waals surface area contributed by atoms with Crippen molar-refractivity contribution >= 4 is 27.7 Å². The fourth-order valence-corrected chi connectivity index (χ4v) is 4.62. The molecule has 0 aromatic carbocycles. The predicted molar refractivity (Wildman–Crippen MR) is 87.5 cm³/mol. The first kappa shape index (κ1) is 15.7. The van der Waals surface area contributed by atoms with Crippen LogP contribution in [0, 0.1) is 0 Å². The molecule has 2 fully saturated rings. The number of halogens is 1. The molecule has 1 N–H and O–H groups in total. The van der Waals surface area contributed by atoms with Crippen LogP contribution in [-0.4, -0.2) is 41.8 Å².